The number of halogens is 2. The molecule has 0 bridgehead atoms. The first-order valence-electron chi connectivity index (χ1n) is 4.71. The minimum atomic E-state index is -0.270. The molecule has 0 saturated heterocycles. The Morgan fingerprint density at radius 1 is 1.44 bits per heavy atom. The lowest BCUT2D eigenvalue weighted by Crippen LogP contribution is -2.11. The molecule has 0 aliphatic carbocycles. The van der Waals surface area contributed by atoms with E-state index < -0.39 is 0 Å². The van der Waals surface area contributed by atoms with E-state index in [4.69, 9.17) is 5.73 Å². The first kappa shape index (κ1) is 11.2. The molecular weight excluding hydrogens is 275 g/mol. The summed E-state index contributed by atoms with van der Waals surface area (Å²) in [5, 5.41) is 4.06. The summed E-state index contributed by atoms with van der Waals surface area (Å²) in [5.41, 5.74) is 6.45. The SMILES string of the molecule is NCc1ncnn1Cc1ccc(F)cc1Br. The van der Waals surface area contributed by atoms with E-state index in [1.165, 1.54) is 18.5 Å². The van der Waals surface area contributed by atoms with Crippen LogP contribution in [0.4, 0.5) is 4.39 Å². The van der Waals surface area contributed by atoms with Gasteiger partial charge in [-0.25, -0.2) is 14.1 Å². The fourth-order valence-electron chi connectivity index (χ4n) is 1.39. The van der Waals surface area contributed by atoms with Crippen molar-refractivity contribution in [2.45, 2.75) is 13.1 Å². The molecule has 84 valence electrons. The second-order valence-corrected chi connectivity index (χ2v) is 4.13. The van der Waals surface area contributed by atoms with E-state index in [0.29, 0.717) is 23.4 Å². The van der Waals surface area contributed by atoms with Gasteiger partial charge in [0.05, 0.1) is 13.1 Å². The van der Waals surface area contributed by atoms with Crippen molar-refractivity contribution in [2.24, 2.45) is 5.73 Å². The highest BCUT2D eigenvalue weighted by molar-refractivity contribution is 9.10. The van der Waals surface area contributed by atoms with Gasteiger partial charge in [0.25, 0.3) is 0 Å². The average Bonchev–Trinajstić information content (AvgIpc) is 2.69. The average molecular weight is 285 g/mol. The summed E-state index contributed by atoms with van der Waals surface area (Å²) in [6, 6.07) is 4.55. The summed E-state index contributed by atoms with van der Waals surface area (Å²) < 4.78 is 15.3. The summed E-state index contributed by atoms with van der Waals surface area (Å²) in [6.45, 7) is 0.853. The number of nitrogens with two attached hydrogens (primary N) is 1. The summed E-state index contributed by atoms with van der Waals surface area (Å²) in [5.74, 6) is 0.435. The van der Waals surface area contributed by atoms with Crippen LogP contribution in [-0.4, -0.2) is 14.8 Å². The summed E-state index contributed by atoms with van der Waals surface area (Å²) in [4.78, 5) is 4.02. The van der Waals surface area contributed by atoms with Crippen molar-refractivity contribution in [3.8, 4) is 0 Å². The van der Waals surface area contributed by atoms with E-state index in [0.717, 1.165) is 5.56 Å². The predicted octanol–water partition coefficient (Wildman–Crippen LogP) is 1.69. The third-order valence-electron chi connectivity index (χ3n) is 2.21. The van der Waals surface area contributed by atoms with Crippen molar-refractivity contribution in [3.63, 3.8) is 0 Å². The second-order valence-electron chi connectivity index (χ2n) is 3.27. The van der Waals surface area contributed by atoms with E-state index in [9.17, 15) is 4.39 Å². The monoisotopic (exact) mass is 284 g/mol. The second kappa shape index (κ2) is 4.71. The standard InChI is InChI=1S/C10H10BrFN4/c11-9-3-8(12)2-1-7(9)5-16-10(4-13)14-6-15-16/h1-3,6H,4-5,13H2. The van der Waals surface area contributed by atoms with Crippen LogP contribution in [0.15, 0.2) is 29.0 Å². The molecule has 0 aliphatic rings. The zero-order valence-corrected chi connectivity index (χ0v) is 9.98. The zero-order chi connectivity index (χ0) is 11.5. The van der Waals surface area contributed by atoms with Crippen LogP contribution < -0.4 is 5.73 Å². The number of aromatic nitrogens is 3. The Balaban J connectivity index is 2.27. The maximum Gasteiger partial charge on any atom is 0.140 e. The van der Waals surface area contributed by atoms with Gasteiger partial charge in [-0.1, -0.05) is 22.0 Å². The van der Waals surface area contributed by atoms with Crippen LogP contribution in [-0.2, 0) is 13.1 Å². The van der Waals surface area contributed by atoms with Crippen LogP contribution in [0.3, 0.4) is 0 Å². The lowest BCUT2D eigenvalue weighted by atomic mass is 10.2. The Labute approximate surface area is 100 Å². The summed E-state index contributed by atoms with van der Waals surface area (Å²) >= 11 is 3.31. The van der Waals surface area contributed by atoms with Gasteiger partial charge in [0.15, 0.2) is 0 Å². The van der Waals surface area contributed by atoms with Gasteiger partial charge in [-0.2, -0.15) is 5.10 Å². The van der Waals surface area contributed by atoms with Gasteiger partial charge in [0, 0.05) is 4.47 Å². The summed E-state index contributed by atoms with van der Waals surface area (Å²) in [7, 11) is 0. The van der Waals surface area contributed by atoms with E-state index >= 15 is 0 Å². The molecule has 0 fully saturated rings. The van der Waals surface area contributed by atoms with Crippen molar-refractivity contribution in [2.75, 3.05) is 0 Å². The lowest BCUT2D eigenvalue weighted by molar-refractivity contribution is 0.617. The molecule has 0 aliphatic heterocycles. The molecule has 0 atom stereocenters. The molecule has 4 nitrogen and oxygen atoms in total. The van der Waals surface area contributed by atoms with Gasteiger partial charge >= 0.3 is 0 Å². The molecule has 6 heteroatoms. The van der Waals surface area contributed by atoms with Gasteiger partial charge in [-0.05, 0) is 17.7 Å². The molecule has 0 unspecified atom stereocenters. The van der Waals surface area contributed by atoms with E-state index in [1.54, 1.807) is 10.7 Å². The molecule has 2 N–H and O–H groups in total. The Kier molecular flexibility index (Phi) is 3.31. The fraction of sp³-hybridized carbons (Fsp3) is 0.200. The molecule has 0 radical (unpaired) electrons. The minimum absolute atomic E-state index is 0.270. The fourth-order valence-corrected chi connectivity index (χ4v) is 1.87. The van der Waals surface area contributed by atoms with Crippen molar-refractivity contribution in [1.82, 2.24) is 14.8 Å². The Morgan fingerprint density at radius 3 is 2.94 bits per heavy atom. The van der Waals surface area contributed by atoms with E-state index in [1.807, 2.05) is 0 Å². The van der Waals surface area contributed by atoms with Crippen molar-refractivity contribution < 1.29 is 4.39 Å². The normalized spacial score (nSPS) is 10.7. The van der Waals surface area contributed by atoms with Crippen LogP contribution in [0.25, 0.3) is 0 Å². The van der Waals surface area contributed by atoms with Gasteiger partial charge in [-0.15, -0.1) is 0 Å². The Hall–Kier alpha value is -1.27. The maximum atomic E-state index is 12.9. The molecule has 0 spiro atoms. The third-order valence-corrected chi connectivity index (χ3v) is 2.95. The van der Waals surface area contributed by atoms with Gasteiger partial charge in [0.2, 0.25) is 0 Å². The topological polar surface area (TPSA) is 56.7 Å². The lowest BCUT2D eigenvalue weighted by Gasteiger charge is -2.06. The molecule has 1 aromatic heterocycles. The largest absolute Gasteiger partial charge is 0.324 e. The van der Waals surface area contributed by atoms with Crippen LogP contribution >= 0.6 is 15.9 Å². The highest BCUT2D eigenvalue weighted by Gasteiger charge is 2.06. The molecule has 2 aromatic rings. The summed E-state index contributed by atoms with van der Waals surface area (Å²) in [6.07, 6.45) is 1.46. The van der Waals surface area contributed by atoms with E-state index in [-0.39, 0.29) is 5.82 Å². The number of nitrogens with zero attached hydrogens (tertiary/aromatic N) is 3. The smallest absolute Gasteiger partial charge is 0.140 e. The third kappa shape index (κ3) is 2.28. The highest BCUT2D eigenvalue weighted by Crippen LogP contribution is 2.19. The Morgan fingerprint density at radius 2 is 2.25 bits per heavy atom. The quantitative estimate of drug-likeness (QED) is 0.933. The van der Waals surface area contributed by atoms with Gasteiger partial charge in [-0.3, -0.25) is 0 Å². The molecular formula is C10H10BrFN4. The number of hydrogen-bond acceptors (Lipinski definition) is 3. The van der Waals surface area contributed by atoms with Gasteiger partial charge in [0.1, 0.15) is 18.0 Å². The Bertz CT molecular complexity index is 497. The van der Waals surface area contributed by atoms with Crippen molar-refractivity contribution >= 4 is 15.9 Å². The van der Waals surface area contributed by atoms with Crippen LogP contribution in [0.2, 0.25) is 0 Å². The number of rotatable bonds is 3. The first-order valence-corrected chi connectivity index (χ1v) is 5.50. The predicted molar refractivity (Wildman–Crippen MR) is 61.1 cm³/mol. The van der Waals surface area contributed by atoms with Crippen molar-refractivity contribution in [3.05, 3.63) is 46.2 Å². The van der Waals surface area contributed by atoms with Crippen LogP contribution in [0.1, 0.15) is 11.4 Å². The van der Waals surface area contributed by atoms with E-state index in [2.05, 4.69) is 26.0 Å². The molecule has 2 rings (SSSR count). The number of hydrogen-bond donors (Lipinski definition) is 1. The highest BCUT2D eigenvalue weighted by atomic mass is 79.9. The minimum Gasteiger partial charge on any atom is -0.324 e. The maximum absolute atomic E-state index is 12.9. The van der Waals surface area contributed by atoms with Crippen LogP contribution in [0.5, 0.6) is 0 Å². The molecule has 0 saturated carbocycles. The zero-order valence-electron chi connectivity index (χ0n) is 8.40. The van der Waals surface area contributed by atoms with Crippen molar-refractivity contribution in [1.29, 1.82) is 0 Å². The van der Waals surface area contributed by atoms with Gasteiger partial charge < -0.3 is 5.73 Å². The molecule has 1 heterocycles. The molecule has 0 amide bonds. The number of benzene rings is 1. The molecule has 16 heavy (non-hydrogen) atoms. The first-order chi connectivity index (χ1) is 7.70. The molecule has 1 aromatic carbocycles. The van der Waals surface area contributed by atoms with Crippen LogP contribution in [0, 0.1) is 5.82 Å².